The van der Waals surface area contributed by atoms with E-state index >= 15 is 0 Å². The van der Waals surface area contributed by atoms with Crippen LogP contribution in [0.4, 0.5) is 4.39 Å². The number of aryl methyl sites for hydroxylation is 1. The minimum atomic E-state index is -0.227. The molecular weight excluding hydrogens is 285 g/mol. The number of hydrogen-bond donors (Lipinski definition) is 1. The lowest BCUT2D eigenvalue weighted by atomic mass is 9.96. The van der Waals surface area contributed by atoms with Crippen LogP contribution in [0.3, 0.4) is 0 Å². The van der Waals surface area contributed by atoms with E-state index < -0.39 is 0 Å². The van der Waals surface area contributed by atoms with Gasteiger partial charge in [0.05, 0.1) is 0 Å². The number of hydrogen-bond acceptors (Lipinski definition) is 1. The Bertz CT molecular complexity index is 598. The highest BCUT2D eigenvalue weighted by atomic mass is 35.5. The fourth-order valence-corrected chi connectivity index (χ4v) is 2.72. The Hall–Kier alpha value is -1.38. The van der Waals surface area contributed by atoms with Crippen LogP contribution in [0.25, 0.3) is 0 Å². The molecule has 112 valence electrons. The molecule has 1 N–H and O–H groups in total. The Morgan fingerprint density at radius 1 is 1.10 bits per heavy atom. The molecular formula is C18H21ClFN. The van der Waals surface area contributed by atoms with Gasteiger partial charge in [-0.15, -0.1) is 0 Å². The van der Waals surface area contributed by atoms with E-state index in [1.807, 2.05) is 12.1 Å². The van der Waals surface area contributed by atoms with Crippen molar-refractivity contribution < 1.29 is 4.39 Å². The summed E-state index contributed by atoms with van der Waals surface area (Å²) in [7, 11) is 0. The van der Waals surface area contributed by atoms with Crippen LogP contribution in [0.1, 0.15) is 23.6 Å². The third kappa shape index (κ3) is 4.55. The lowest BCUT2D eigenvalue weighted by Crippen LogP contribution is -2.33. The van der Waals surface area contributed by atoms with Gasteiger partial charge in [-0.25, -0.2) is 4.39 Å². The number of halogens is 2. The Balaban J connectivity index is 2.14. The molecule has 0 spiro atoms. The predicted octanol–water partition coefficient (Wildman–Crippen LogP) is 4.55. The Kier molecular flexibility index (Phi) is 5.77. The van der Waals surface area contributed by atoms with Gasteiger partial charge < -0.3 is 5.32 Å². The molecule has 0 radical (unpaired) electrons. The summed E-state index contributed by atoms with van der Waals surface area (Å²) in [6.07, 6.45) is 1.55. The molecule has 0 saturated carbocycles. The Morgan fingerprint density at radius 3 is 2.48 bits per heavy atom. The van der Waals surface area contributed by atoms with Crippen LogP contribution < -0.4 is 5.32 Å². The smallest absolute Gasteiger partial charge is 0.127 e. The van der Waals surface area contributed by atoms with E-state index in [0.717, 1.165) is 13.0 Å². The lowest BCUT2D eigenvalue weighted by Gasteiger charge is -2.19. The summed E-state index contributed by atoms with van der Waals surface area (Å²) in [5.41, 5.74) is 3.29. The van der Waals surface area contributed by atoms with Crippen LogP contribution in [0.5, 0.6) is 0 Å². The topological polar surface area (TPSA) is 12.0 Å². The zero-order valence-corrected chi connectivity index (χ0v) is 13.3. The van der Waals surface area contributed by atoms with Gasteiger partial charge in [0.2, 0.25) is 0 Å². The molecule has 1 atom stereocenters. The fourth-order valence-electron chi connectivity index (χ4n) is 2.56. The van der Waals surface area contributed by atoms with Crippen LogP contribution in [-0.2, 0) is 12.8 Å². The van der Waals surface area contributed by atoms with Gasteiger partial charge in [0.15, 0.2) is 0 Å². The highest BCUT2D eigenvalue weighted by molar-refractivity contribution is 6.30. The second-order valence-electron chi connectivity index (χ2n) is 5.33. The van der Waals surface area contributed by atoms with Crippen molar-refractivity contribution in [3.05, 3.63) is 70.0 Å². The van der Waals surface area contributed by atoms with E-state index in [9.17, 15) is 4.39 Å². The van der Waals surface area contributed by atoms with Gasteiger partial charge in [-0.1, -0.05) is 48.9 Å². The molecule has 0 heterocycles. The van der Waals surface area contributed by atoms with Crippen LogP contribution in [0.15, 0.2) is 42.5 Å². The first-order valence-electron chi connectivity index (χ1n) is 7.32. The molecule has 0 bridgehead atoms. The Labute approximate surface area is 131 Å². The van der Waals surface area contributed by atoms with Crippen molar-refractivity contribution in [3.8, 4) is 0 Å². The molecule has 2 aromatic rings. The van der Waals surface area contributed by atoms with Gasteiger partial charge in [-0.2, -0.15) is 0 Å². The zero-order chi connectivity index (χ0) is 15.2. The molecule has 0 saturated heterocycles. The van der Waals surface area contributed by atoms with E-state index in [2.05, 4.69) is 31.3 Å². The molecule has 0 fully saturated rings. The first-order valence-corrected chi connectivity index (χ1v) is 7.69. The van der Waals surface area contributed by atoms with E-state index in [-0.39, 0.29) is 11.9 Å². The molecule has 3 heteroatoms. The minimum absolute atomic E-state index is 0.215. The van der Waals surface area contributed by atoms with Crippen molar-refractivity contribution in [2.24, 2.45) is 0 Å². The quantitative estimate of drug-likeness (QED) is 0.825. The molecule has 1 nitrogen and oxygen atoms in total. The number of likely N-dealkylation sites (N-methyl/N-ethyl adjacent to an activating group) is 1. The Morgan fingerprint density at radius 2 is 1.81 bits per heavy atom. The molecule has 1 unspecified atom stereocenters. The molecule has 0 aromatic heterocycles. The molecule has 21 heavy (non-hydrogen) atoms. The molecule has 2 aromatic carbocycles. The van der Waals surface area contributed by atoms with Crippen molar-refractivity contribution in [1.82, 2.24) is 5.32 Å². The summed E-state index contributed by atoms with van der Waals surface area (Å²) >= 11 is 5.81. The van der Waals surface area contributed by atoms with Crippen molar-refractivity contribution >= 4 is 11.6 Å². The summed E-state index contributed by atoms with van der Waals surface area (Å²) in [5.74, 6) is -0.227. The van der Waals surface area contributed by atoms with E-state index in [1.54, 1.807) is 12.1 Å². The number of rotatable bonds is 6. The van der Waals surface area contributed by atoms with Gasteiger partial charge in [-0.3, -0.25) is 0 Å². The van der Waals surface area contributed by atoms with Gasteiger partial charge in [0.25, 0.3) is 0 Å². The van der Waals surface area contributed by atoms with Gasteiger partial charge in [0, 0.05) is 11.1 Å². The highest BCUT2D eigenvalue weighted by Crippen LogP contribution is 2.18. The summed E-state index contributed by atoms with van der Waals surface area (Å²) in [6.45, 7) is 5.05. The summed E-state index contributed by atoms with van der Waals surface area (Å²) in [4.78, 5) is 0. The second-order valence-corrected chi connectivity index (χ2v) is 5.76. The van der Waals surface area contributed by atoms with Crippen molar-refractivity contribution in [2.45, 2.75) is 32.7 Å². The molecule has 2 rings (SSSR count). The number of nitrogens with one attached hydrogen (secondary N) is 1. The van der Waals surface area contributed by atoms with E-state index in [4.69, 9.17) is 11.6 Å². The third-order valence-corrected chi connectivity index (χ3v) is 3.94. The van der Waals surface area contributed by atoms with Gasteiger partial charge in [0.1, 0.15) is 5.82 Å². The maximum absolute atomic E-state index is 14.0. The SMILES string of the molecule is CCNC(Cc1ccccc1C)Cc1ccc(Cl)cc1F. The van der Waals surface area contributed by atoms with Gasteiger partial charge >= 0.3 is 0 Å². The van der Waals surface area contributed by atoms with Crippen LogP contribution in [0, 0.1) is 12.7 Å². The molecule has 0 aliphatic carbocycles. The van der Waals surface area contributed by atoms with Crippen molar-refractivity contribution in [2.75, 3.05) is 6.54 Å². The molecule has 0 aliphatic rings. The van der Waals surface area contributed by atoms with E-state index in [0.29, 0.717) is 17.0 Å². The average Bonchev–Trinajstić information content (AvgIpc) is 2.44. The minimum Gasteiger partial charge on any atom is -0.314 e. The summed E-state index contributed by atoms with van der Waals surface area (Å²) in [6, 6.07) is 13.5. The van der Waals surface area contributed by atoms with E-state index in [1.165, 1.54) is 17.2 Å². The first-order chi connectivity index (χ1) is 10.1. The normalized spacial score (nSPS) is 12.4. The van der Waals surface area contributed by atoms with Crippen LogP contribution in [0.2, 0.25) is 5.02 Å². The number of benzene rings is 2. The van der Waals surface area contributed by atoms with Crippen LogP contribution in [-0.4, -0.2) is 12.6 Å². The maximum atomic E-state index is 14.0. The zero-order valence-electron chi connectivity index (χ0n) is 12.5. The average molecular weight is 306 g/mol. The third-order valence-electron chi connectivity index (χ3n) is 3.70. The lowest BCUT2D eigenvalue weighted by molar-refractivity contribution is 0.505. The van der Waals surface area contributed by atoms with Gasteiger partial charge in [-0.05, 0) is 55.1 Å². The first kappa shape index (κ1) is 16.0. The molecule has 0 aliphatic heterocycles. The van der Waals surface area contributed by atoms with Crippen LogP contribution >= 0.6 is 11.6 Å². The summed E-state index contributed by atoms with van der Waals surface area (Å²) < 4.78 is 14.0. The fraction of sp³-hybridized carbons (Fsp3) is 0.333. The maximum Gasteiger partial charge on any atom is 0.127 e. The monoisotopic (exact) mass is 305 g/mol. The largest absolute Gasteiger partial charge is 0.314 e. The summed E-state index contributed by atoms with van der Waals surface area (Å²) in [5, 5.41) is 3.89. The predicted molar refractivity (Wildman–Crippen MR) is 87.5 cm³/mol. The van der Waals surface area contributed by atoms with Crippen molar-refractivity contribution in [3.63, 3.8) is 0 Å². The second kappa shape index (κ2) is 7.58. The molecule has 0 amide bonds. The standard InChI is InChI=1S/C18H21ClFN/c1-3-21-17(10-14-7-5-4-6-13(14)2)11-15-8-9-16(19)12-18(15)20/h4-9,12,17,21H,3,10-11H2,1-2H3. The highest BCUT2D eigenvalue weighted by Gasteiger charge is 2.13. The van der Waals surface area contributed by atoms with Crippen molar-refractivity contribution in [1.29, 1.82) is 0 Å².